The molecule has 3 heteroatoms. The number of hydrogen-bond donors (Lipinski definition) is 0. The molecule has 21 heavy (non-hydrogen) atoms. The maximum absolute atomic E-state index is 13.3. The number of ether oxygens (including phenoxy) is 1. The van der Waals surface area contributed by atoms with Gasteiger partial charge in [-0.3, -0.25) is 0 Å². The van der Waals surface area contributed by atoms with Crippen molar-refractivity contribution < 1.29 is 9.13 Å². The standard InChI is InChI=1S/C18H18BrFO/c19-11-14(8-13-4-3-5-16(20)10-13)9-15-12-21-18-7-2-1-6-17(15)18/h1-7,10,14-15H,8-9,11-12H2. The normalized spacial score (nSPS) is 18.1. The van der Waals surface area contributed by atoms with Crippen LogP contribution >= 0.6 is 15.9 Å². The molecular formula is C18H18BrFO. The Morgan fingerprint density at radius 3 is 2.86 bits per heavy atom. The highest BCUT2D eigenvalue weighted by Gasteiger charge is 2.26. The molecule has 0 N–H and O–H groups in total. The summed E-state index contributed by atoms with van der Waals surface area (Å²) < 4.78 is 19.0. The van der Waals surface area contributed by atoms with E-state index in [1.165, 1.54) is 11.6 Å². The second-order valence-electron chi connectivity index (χ2n) is 5.64. The Balaban J connectivity index is 1.68. The Morgan fingerprint density at radius 1 is 1.19 bits per heavy atom. The van der Waals surface area contributed by atoms with Crippen LogP contribution < -0.4 is 4.74 Å². The van der Waals surface area contributed by atoms with Gasteiger partial charge >= 0.3 is 0 Å². The number of halogens is 2. The van der Waals surface area contributed by atoms with Crippen LogP contribution in [0, 0.1) is 11.7 Å². The lowest BCUT2D eigenvalue weighted by Crippen LogP contribution is -2.13. The van der Waals surface area contributed by atoms with Crippen molar-refractivity contribution >= 4 is 15.9 Å². The monoisotopic (exact) mass is 348 g/mol. The van der Waals surface area contributed by atoms with Gasteiger partial charge in [0, 0.05) is 16.8 Å². The van der Waals surface area contributed by atoms with Gasteiger partial charge in [-0.2, -0.15) is 0 Å². The Morgan fingerprint density at radius 2 is 2.05 bits per heavy atom. The highest BCUT2D eigenvalue weighted by molar-refractivity contribution is 9.09. The van der Waals surface area contributed by atoms with E-state index in [1.807, 2.05) is 18.2 Å². The van der Waals surface area contributed by atoms with Gasteiger partial charge in [-0.15, -0.1) is 0 Å². The van der Waals surface area contributed by atoms with Gasteiger partial charge in [0.1, 0.15) is 11.6 Å². The van der Waals surface area contributed by atoms with Gasteiger partial charge in [-0.1, -0.05) is 46.3 Å². The van der Waals surface area contributed by atoms with E-state index in [1.54, 1.807) is 12.1 Å². The van der Waals surface area contributed by atoms with Crippen LogP contribution in [0.1, 0.15) is 23.5 Å². The Labute approximate surface area is 133 Å². The van der Waals surface area contributed by atoms with E-state index in [4.69, 9.17) is 4.74 Å². The molecule has 110 valence electrons. The zero-order chi connectivity index (χ0) is 14.7. The van der Waals surface area contributed by atoms with Gasteiger partial charge in [-0.05, 0) is 42.5 Å². The first-order chi connectivity index (χ1) is 10.3. The average molecular weight is 349 g/mol. The predicted molar refractivity (Wildman–Crippen MR) is 86.7 cm³/mol. The van der Waals surface area contributed by atoms with E-state index in [-0.39, 0.29) is 5.82 Å². The minimum Gasteiger partial charge on any atom is -0.493 e. The summed E-state index contributed by atoms with van der Waals surface area (Å²) in [6.07, 6.45) is 1.94. The molecule has 3 rings (SSSR count). The van der Waals surface area contributed by atoms with Crippen LogP contribution in [-0.2, 0) is 6.42 Å². The van der Waals surface area contributed by atoms with E-state index in [0.717, 1.165) is 36.1 Å². The van der Waals surface area contributed by atoms with Crippen molar-refractivity contribution in [1.29, 1.82) is 0 Å². The van der Waals surface area contributed by atoms with E-state index in [2.05, 4.69) is 28.1 Å². The molecule has 0 aliphatic carbocycles. The smallest absolute Gasteiger partial charge is 0.123 e. The zero-order valence-corrected chi connectivity index (χ0v) is 13.4. The van der Waals surface area contributed by atoms with E-state index in [9.17, 15) is 4.39 Å². The fourth-order valence-corrected chi connectivity index (χ4v) is 3.52. The fourth-order valence-electron chi connectivity index (χ4n) is 3.02. The Hall–Kier alpha value is -1.35. The second-order valence-corrected chi connectivity index (χ2v) is 6.28. The van der Waals surface area contributed by atoms with Crippen LogP contribution in [0.5, 0.6) is 5.75 Å². The predicted octanol–water partition coefficient (Wildman–Crippen LogP) is 4.95. The molecule has 0 spiro atoms. The maximum atomic E-state index is 13.3. The highest BCUT2D eigenvalue weighted by Crippen LogP contribution is 2.38. The van der Waals surface area contributed by atoms with Crippen molar-refractivity contribution in [2.75, 3.05) is 11.9 Å². The highest BCUT2D eigenvalue weighted by atomic mass is 79.9. The lowest BCUT2D eigenvalue weighted by molar-refractivity contribution is 0.311. The van der Waals surface area contributed by atoms with Gasteiger partial charge in [-0.25, -0.2) is 4.39 Å². The Kier molecular flexibility index (Phi) is 4.59. The lowest BCUT2D eigenvalue weighted by Gasteiger charge is -2.18. The number of alkyl halides is 1. The van der Waals surface area contributed by atoms with E-state index >= 15 is 0 Å². The number of hydrogen-bond acceptors (Lipinski definition) is 1. The largest absolute Gasteiger partial charge is 0.493 e. The summed E-state index contributed by atoms with van der Waals surface area (Å²) in [7, 11) is 0. The first-order valence-corrected chi connectivity index (χ1v) is 8.40. The molecule has 0 amide bonds. The zero-order valence-electron chi connectivity index (χ0n) is 11.8. The molecular weight excluding hydrogens is 331 g/mol. The molecule has 2 atom stereocenters. The summed E-state index contributed by atoms with van der Waals surface area (Å²) in [5.41, 5.74) is 2.37. The molecule has 2 aromatic rings. The third-order valence-electron chi connectivity index (χ3n) is 4.05. The minimum absolute atomic E-state index is 0.157. The third-order valence-corrected chi connectivity index (χ3v) is 4.96. The molecule has 0 saturated carbocycles. The topological polar surface area (TPSA) is 9.23 Å². The molecule has 1 aliphatic rings. The average Bonchev–Trinajstić information content (AvgIpc) is 2.90. The molecule has 0 saturated heterocycles. The Bertz CT molecular complexity index is 614. The van der Waals surface area contributed by atoms with Crippen LogP contribution in [0.15, 0.2) is 48.5 Å². The number of fused-ring (bicyclic) bond motifs is 1. The van der Waals surface area contributed by atoms with Gasteiger partial charge in [0.05, 0.1) is 6.61 Å². The quantitative estimate of drug-likeness (QED) is 0.695. The van der Waals surface area contributed by atoms with Crippen molar-refractivity contribution in [3.8, 4) is 5.75 Å². The molecule has 1 nitrogen and oxygen atoms in total. The van der Waals surface area contributed by atoms with E-state index < -0.39 is 0 Å². The van der Waals surface area contributed by atoms with Crippen molar-refractivity contribution in [2.24, 2.45) is 5.92 Å². The van der Waals surface area contributed by atoms with Crippen LogP contribution in [0.3, 0.4) is 0 Å². The SMILES string of the molecule is Fc1cccc(CC(CBr)CC2COc3ccccc32)c1. The minimum atomic E-state index is -0.157. The van der Waals surface area contributed by atoms with Crippen LogP contribution in [0.4, 0.5) is 4.39 Å². The van der Waals surface area contributed by atoms with Crippen molar-refractivity contribution in [1.82, 2.24) is 0 Å². The summed E-state index contributed by atoms with van der Waals surface area (Å²) >= 11 is 3.60. The van der Waals surface area contributed by atoms with E-state index in [0.29, 0.717) is 11.8 Å². The van der Waals surface area contributed by atoms with Gasteiger partial charge in [0.25, 0.3) is 0 Å². The fraction of sp³-hybridized carbons (Fsp3) is 0.333. The van der Waals surface area contributed by atoms with Crippen LogP contribution in [0.25, 0.3) is 0 Å². The van der Waals surface area contributed by atoms with Crippen molar-refractivity contribution in [2.45, 2.75) is 18.8 Å². The van der Waals surface area contributed by atoms with Crippen molar-refractivity contribution in [3.05, 3.63) is 65.5 Å². The summed E-state index contributed by atoms with van der Waals surface area (Å²) in [6, 6.07) is 15.2. The first kappa shape index (κ1) is 14.6. The number of para-hydroxylation sites is 1. The van der Waals surface area contributed by atoms with Gasteiger partial charge < -0.3 is 4.74 Å². The molecule has 2 aromatic carbocycles. The maximum Gasteiger partial charge on any atom is 0.123 e. The van der Waals surface area contributed by atoms with Gasteiger partial charge in [0.2, 0.25) is 0 Å². The molecule has 0 radical (unpaired) electrons. The van der Waals surface area contributed by atoms with Crippen LogP contribution in [-0.4, -0.2) is 11.9 Å². The first-order valence-electron chi connectivity index (χ1n) is 7.28. The van der Waals surface area contributed by atoms with Crippen molar-refractivity contribution in [3.63, 3.8) is 0 Å². The lowest BCUT2D eigenvalue weighted by atomic mass is 9.88. The van der Waals surface area contributed by atoms with Crippen LogP contribution in [0.2, 0.25) is 0 Å². The molecule has 0 fully saturated rings. The molecule has 2 unspecified atom stereocenters. The summed E-state index contributed by atoms with van der Waals surface area (Å²) in [4.78, 5) is 0. The molecule has 0 aromatic heterocycles. The number of benzene rings is 2. The summed E-state index contributed by atoms with van der Waals surface area (Å²) in [5, 5.41) is 0.919. The molecule has 1 aliphatic heterocycles. The number of rotatable bonds is 5. The second kappa shape index (κ2) is 6.61. The third kappa shape index (κ3) is 3.46. The molecule has 1 heterocycles. The summed E-state index contributed by atoms with van der Waals surface area (Å²) in [6.45, 7) is 0.756. The van der Waals surface area contributed by atoms with Gasteiger partial charge in [0.15, 0.2) is 0 Å². The summed E-state index contributed by atoms with van der Waals surface area (Å²) in [5.74, 6) is 1.78. The molecule has 0 bridgehead atoms.